The molecule has 3 rings (SSSR count). The minimum absolute atomic E-state index is 0.0821. The minimum atomic E-state index is -3.89. The number of carbonyl (C=O) groups excluding carboxylic acids is 1. The van der Waals surface area contributed by atoms with E-state index in [1.165, 1.54) is 23.5 Å². The fraction of sp³-hybridized carbons (Fsp3) is 0.316. The van der Waals surface area contributed by atoms with Gasteiger partial charge in [-0.05, 0) is 30.7 Å². The van der Waals surface area contributed by atoms with E-state index in [0.717, 1.165) is 4.31 Å². The molecule has 1 heterocycles. The lowest BCUT2D eigenvalue weighted by Crippen LogP contribution is -2.51. The van der Waals surface area contributed by atoms with Crippen LogP contribution in [0.5, 0.6) is 5.75 Å². The van der Waals surface area contributed by atoms with Gasteiger partial charge in [-0.25, -0.2) is 4.39 Å². The van der Waals surface area contributed by atoms with E-state index in [1.54, 1.807) is 30.3 Å². The van der Waals surface area contributed by atoms with E-state index in [0.29, 0.717) is 22.9 Å². The zero-order valence-electron chi connectivity index (χ0n) is 15.8. The molecule has 1 aliphatic rings. The van der Waals surface area contributed by atoms with E-state index in [9.17, 15) is 17.6 Å². The molecule has 1 amide bonds. The molecule has 7 nitrogen and oxygen atoms in total. The van der Waals surface area contributed by atoms with Gasteiger partial charge in [0.2, 0.25) is 5.91 Å². The van der Waals surface area contributed by atoms with E-state index < -0.39 is 21.9 Å². The van der Waals surface area contributed by atoms with Crippen LogP contribution in [-0.2, 0) is 21.5 Å². The van der Waals surface area contributed by atoms with Gasteiger partial charge in [-0.15, -0.1) is 0 Å². The van der Waals surface area contributed by atoms with Crippen LogP contribution in [0, 0.1) is 5.82 Å². The SMILES string of the molecule is COc1ccc(NC(=O)CN2CCCN(Cc3ccccc3F)S2(=O)=O)cc1Cl. The summed E-state index contributed by atoms with van der Waals surface area (Å²) in [6.07, 6.45) is 0.537. The molecule has 2 aromatic rings. The van der Waals surface area contributed by atoms with Crippen LogP contribution in [0.2, 0.25) is 5.02 Å². The molecule has 29 heavy (non-hydrogen) atoms. The van der Waals surface area contributed by atoms with Crippen molar-refractivity contribution in [2.45, 2.75) is 13.0 Å². The van der Waals surface area contributed by atoms with Crippen molar-refractivity contribution >= 4 is 33.4 Å². The van der Waals surface area contributed by atoms with Gasteiger partial charge in [0.1, 0.15) is 11.6 Å². The zero-order valence-corrected chi connectivity index (χ0v) is 17.3. The predicted octanol–water partition coefficient (Wildman–Crippen LogP) is 2.88. The molecule has 1 fully saturated rings. The Kier molecular flexibility index (Phi) is 6.74. The standard InChI is InChI=1S/C19H21ClFN3O4S/c1-28-18-8-7-15(11-16(18)20)22-19(25)13-24-10-4-9-23(29(24,26)27)12-14-5-2-3-6-17(14)21/h2-3,5-8,11H,4,9-10,12-13H2,1H3,(H,22,25). The van der Waals surface area contributed by atoms with Gasteiger partial charge >= 0.3 is 0 Å². The highest BCUT2D eigenvalue weighted by molar-refractivity contribution is 7.86. The highest BCUT2D eigenvalue weighted by Gasteiger charge is 2.35. The summed E-state index contributed by atoms with van der Waals surface area (Å²) in [6.45, 7) is 0.0523. The first kappa shape index (κ1) is 21.5. The van der Waals surface area contributed by atoms with Gasteiger partial charge in [0.25, 0.3) is 10.2 Å². The number of rotatable bonds is 6. The first-order valence-electron chi connectivity index (χ1n) is 8.93. The third kappa shape index (κ3) is 5.05. The number of nitrogens with zero attached hydrogens (tertiary/aromatic N) is 2. The van der Waals surface area contributed by atoms with Crippen LogP contribution in [-0.4, -0.2) is 49.7 Å². The van der Waals surface area contributed by atoms with Crippen molar-refractivity contribution in [3.63, 3.8) is 0 Å². The summed E-state index contributed by atoms with van der Waals surface area (Å²) >= 11 is 6.04. The molecule has 0 atom stereocenters. The first-order valence-corrected chi connectivity index (χ1v) is 10.7. The quantitative estimate of drug-likeness (QED) is 0.747. The van der Waals surface area contributed by atoms with Gasteiger partial charge in [0.05, 0.1) is 18.7 Å². The van der Waals surface area contributed by atoms with Gasteiger partial charge in [-0.2, -0.15) is 17.0 Å². The maximum atomic E-state index is 13.9. The minimum Gasteiger partial charge on any atom is -0.495 e. The van der Waals surface area contributed by atoms with Gasteiger partial charge < -0.3 is 10.1 Å². The zero-order chi connectivity index (χ0) is 21.0. The summed E-state index contributed by atoms with van der Waals surface area (Å²) in [6, 6.07) is 10.8. The Balaban J connectivity index is 1.67. The van der Waals surface area contributed by atoms with Crippen LogP contribution in [0.1, 0.15) is 12.0 Å². The molecule has 1 saturated heterocycles. The Hall–Kier alpha value is -2.20. The molecule has 0 aromatic heterocycles. The van der Waals surface area contributed by atoms with Crippen LogP contribution in [0.3, 0.4) is 0 Å². The third-order valence-electron chi connectivity index (χ3n) is 4.53. The van der Waals surface area contributed by atoms with Gasteiger partial charge in [0.15, 0.2) is 0 Å². The van der Waals surface area contributed by atoms with E-state index in [-0.39, 0.29) is 31.7 Å². The third-order valence-corrected chi connectivity index (χ3v) is 6.75. The average molecular weight is 442 g/mol. The summed E-state index contributed by atoms with van der Waals surface area (Å²) in [5.41, 5.74) is 0.716. The fourth-order valence-corrected chi connectivity index (χ4v) is 4.95. The lowest BCUT2D eigenvalue weighted by Gasteiger charge is -2.34. The topological polar surface area (TPSA) is 79.0 Å². The lowest BCUT2D eigenvalue weighted by molar-refractivity contribution is -0.116. The van der Waals surface area contributed by atoms with Crippen molar-refractivity contribution in [2.24, 2.45) is 0 Å². The Morgan fingerprint density at radius 2 is 1.93 bits per heavy atom. The molecule has 2 aromatic carbocycles. The number of halogens is 2. The number of hydrogen-bond donors (Lipinski definition) is 1. The molecule has 1 aliphatic heterocycles. The molecule has 0 spiro atoms. The van der Waals surface area contributed by atoms with Crippen LogP contribution < -0.4 is 10.1 Å². The highest BCUT2D eigenvalue weighted by atomic mass is 35.5. The van der Waals surface area contributed by atoms with Crippen LogP contribution in [0.25, 0.3) is 0 Å². The van der Waals surface area contributed by atoms with Gasteiger partial charge in [0, 0.05) is 30.9 Å². The van der Waals surface area contributed by atoms with Gasteiger partial charge in [-0.3, -0.25) is 4.79 Å². The number of hydrogen-bond acceptors (Lipinski definition) is 4. The number of carbonyl (C=O) groups is 1. The smallest absolute Gasteiger partial charge is 0.282 e. The Labute approximate surface area is 174 Å². The van der Waals surface area contributed by atoms with Crippen LogP contribution in [0.4, 0.5) is 10.1 Å². The molecule has 0 bridgehead atoms. The summed E-state index contributed by atoms with van der Waals surface area (Å²) in [7, 11) is -2.41. The summed E-state index contributed by atoms with van der Waals surface area (Å²) in [5, 5.41) is 2.96. The summed E-state index contributed by atoms with van der Waals surface area (Å²) < 4.78 is 47.0. The Morgan fingerprint density at radius 1 is 1.21 bits per heavy atom. The average Bonchev–Trinajstić information content (AvgIpc) is 2.67. The number of amides is 1. The summed E-state index contributed by atoms with van der Waals surface area (Å²) in [4.78, 5) is 12.4. The molecule has 1 N–H and O–H groups in total. The van der Waals surface area contributed by atoms with Crippen molar-refractivity contribution in [1.29, 1.82) is 0 Å². The van der Waals surface area contributed by atoms with Crippen molar-refractivity contribution in [1.82, 2.24) is 8.61 Å². The molecule has 0 radical (unpaired) electrons. The number of anilines is 1. The van der Waals surface area contributed by atoms with E-state index in [4.69, 9.17) is 16.3 Å². The molecule has 0 aliphatic carbocycles. The maximum Gasteiger partial charge on any atom is 0.282 e. The molecular weight excluding hydrogens is 421 g/mol. The highest BCUT2D eigenvalue weighted by Crippen LogP contribution is 2.27. The predicted molar refractivity (Wildman–Crippen MR) is 109 cm³/mol. The Morgan fingerprint density at radius 3 is 2.62 bits per heavy atom. The van der Waals surface area contributed by atoms with Gasteiger partial charge in [-0.1, -0.05) is 29.8 Å². The van der Waals surface area contributed by atoms with Crippen molar-refractivity contribution in [2.75, 3.05) is 32.1 Å². The molecule has 0 saturated carbocycles. The van der Waals surface area contributed by atoms with E-state index in [1.807, 2.05) is 0 Å². The second kappa shape index (κ2) is 9.08. The second-order valence-corrected chi connectivity index (χ2v) is 8.85. The van der Waals surface area contributed by atoms with Crippen molar-refractivity contribution < 1.29 is 22.3 Å². The molecular formula is C19H21ClFN3O4S. The number of ether oxygens (including phenoxy) is 1. The molecule has 0 unspecified atom stereocenters. The molecule has 156 valence electrons. The van der Waals surface area contributed by atoms with Crippen molar-refractivity contribution in [3.8, 4) is 5.75 Å². The fourth-order valence-electron chi connectivity index (χ4n) is 3.06. The van der Waals surface area contributed by atoms with E-state index >= 15 is 0 Å². The normalized spacial score (nSPS) is 17.1. The Bertz CT molecular complexity index is 1000. The largest absolute Gasteiger partial charge is 0.495 e. The van der Waals surface area contributed by atoms with Crippen molar-refractivity contribution in [3.05, 3.63) is 58.9 Å². The monoisotopic (exact) mass is 441 g/mol. The van der Waals surface area contributed by atoms with Crippen LogP contribution >= 0.6 is 11.6 Å². The van der Waals surface area contributed by atoms with E-state index in [2.05, 4.69) is 5.32 Å². The second-order valence-electron chi connectivity index (χ2n) is 6.52. The molecule has 10 heteroatoms. The maximum absolute atomic E-state index is 13.9. The number of methoxy groups -OCH3 is 1. The van der Waals surface area contributed by atoms with Crippen LogP contribution in [0.15, 0.2) is 42.5 Å². The number of nitrogens with one attached hydrogen (secondary N) is 1. The lowest BCUT2D eigenvalue weighted by atomic mass is 10.2. The summed E-state index contributed by atoms with van der Waals surface area (Å²) in [5.74, 6) is -0.497. The number of benzene rings is 2. The first-order chi connectivity index (χ1) is 13.8.